The van der Waals surface area contributed by atoms with Gasteiger partial charge in [0.1, 0.15) is 23.3 Å². The predicted molar refractivity (Wildman–Crippen MR) is 187 cm³/mol. The molecule has 0 amide bonds. The molecule has 2 aliphatic rings. The van der Waals surface area contributed by atoms with Crippen molar-refractivity contribution in [2.45, 2.75) is 63.5 Å². The second-order valence-electron chi connectivity index (χ2n) is 12.1. The number of nitrogens with two attached hydrogens (primary N) is 2. The molecule has 0 unspecified atom stereocenters. The zero-order chi connectivity index (χ0) is 31.3. The summed E-state index contributed by atoms with van der Waals surface area (Å²) in [5.74, 6) is 2.98. The third kappa shape index (κ3) is 7.86. The van der Waals surface area contributed by atoms with Crippen LogP contribution < -0.4 is 11.5 Å². The van der Waals surface area contributed by atoms with Crippen molar-refractivity contribution in [3.8, 4) is 22.8 Å². The van der Waals surface area contributed by atoms with Gasteiger partial charge in [-0.1, -0.05) is 36.8 Å². The molecule has 9 heteroatoms. The molecule has 8 rings (SSSR count). The van der Waals surface area contributed by atoms with Gasteiger partial charge in [-0.25, -0.2) is 9.97 Å². The molecule has 0 spiro atoms. The molecule has 2 aliphatic carbocycles. The van der Waals surface area contributed by atoms with Crippen LogP contribution in [0.25, 0.3) is 44.8 Å². The van der Waals surface area contributed by atoms with Crippen LogP contribution in [0.3, 0.4) is 0 Å². The Kier molecular flexibility index (Phi) is 10.6. The largest absolute Gasteiger partial charge is 2.00 e. The minimum Gasteiger partial charge on any atom is -0.383 e. The van der Waals surface area contributed by atoms with E-state index in [4.69, 9.17) is 11.5 Å². The van der Waals surface area contributed by atoms with E-state index in [0.29, 0.717) is 23.8 Å². The smallest absolute Gasteiger partial charge is 0.383 e. The first-order chi connectivity index (χ1) is 22.6. The fourth-order valence-corrected chi connectivity index (χ4v) is 6.31. The zero-order valence-electron chi connectivity index (χ0n) is 26.3. The van der Waals surface area contributed by atoms with E-state index < -0.39 is 0 Å². The molecule has 47 heavy (non-hydrogen) atoms. The van der Waals surface area contributed by atoms with Crippen LogP contribution in [0.15, 0.2) is 94.9 Å². The van der Waals surface area contributed by atoms with Crippen LogP contribution in [0, 0.1) is 43.2 Å². The Labute approximate surface area is 299 Å². The maximum atomic E-state index is 6.20. The third-order valence-electron chi connectivity index (χ3n) is 8.83. The topological polar surface area (TPSA) is 134 Å². The maximum Gasteiger partial charge on any atom is 2.00 e. The molecule has 0 saturated heterocycles. The van der Waals surface area contributed by atoms with E-state index >= 15 is 0 Å². The Hall–Kier alpha value is -4.19. The number of hydrogen-bond acceptors (Lipinski definition) is 4. The van der Waals surface area contributed by atoms with Gasteiger partial charge in [0.15, 0.2) is 0 Å². The molecule has 4 aromatic carbocycles. The Morgan fingerprint density at radius 2 is 0.979 bits per heavy atom. The van der Waals surface area contributed by atoms with Crippen molar-refractivity contribution in [1.82, 2.24) is 19.9 Å². The third-order valence-corrected chi connectivity index (χ3v) is 8.83. The minimum absolute atomic E-state index is 0. The fraction of sp³-hybridized carbons (Fsp3) is 0.263. The van der Waals surface area contributed by atoms with Gasteiger partial charge in [0.05, 0.1) is 34.2 Å². The summed E-state index contributed by atoms with van der Waals surface area (Å²) < 4.78 is 0. The molecule has 6 N–H and O–H groups in total. The second kappa shape index (κ2) is 15.1. The Bertz CT molecular complexity index is 1840. The molecule has 8 nitrogen and oxygen atoms in total. The number of nitrogens with one attached hydrogen (secondary N) is 2. The van der Waals surface area contributed by atoms with Crippen molar-refractivity contribution < 1.29 is 31.1 Å². The van der Waals surface area contributed by atoms with Gasteiger partial charge in [0, 0.05) is 11.1 Å². The molecule has 0 bridgehead atoms. The van der Waals surface area contributed by atoms with Crippen molar-refractivity contribution in [3.05, 3.63) is 108 Å². The Morgan fingerprint density at radius 3 is 1.36 bits per heavy atom. The first-order valence-electron chi connectivity index (χ1n) is 16.2. The molecule has 0 aliphatic heterocycles. The fourth-order valence-electron chi connectivity index (χ4n) is 6.31. The summed E-state index contributed by atoms with van der Waals surface area (Å²) in [6.07, 6.45) is 9.67. The summed E-state index contributed by atoms with van der Waals surface area (Å²) in [6, 6.07) is 34.4. The van der Waals surface area contributed by atoms with Gasteiger partial charge >= 0.3 is 31.1 Å². The van der Waals surface area contributed by atoms with Crippen LogP contribution in [-0.2, 0) is 0 Å². The standard InChI is InChI=1S/2C19H19N4.U/c2*20-18(21-15-8-4-5-9-15)14-10-11-16-17(12-14)23-19(22-16)13-6-2-1-3-7-13;/h2*2-3,6-7,10-12,15H,4-5,8-9H2,(H2,20,21)(H,22,23);/q2*-1;+2. The number of aromatic nitrogens is 4. The quantitative estimate of drug-likeness (QED) is 0.0793. The number of H-pyrrole nitrogens is 2. The van der Waals surface area contributed by atoms with Crippen LogP contribution in [0.4, 0.5) is 0 Å². The second-order valence-corrected chi connectivity index (χ2v) is 12.1. The summed E-state index contributed by atoms with van der Waals surface area (Å²) >= 11 is 0. The summed E-state index contributed by atoms with van der Waals surface area (Å²) in [5.41, 5.74) is 20.2. The van der Waals surface area contributed by atoms with E-state index in [0.717, 1.165) is 81.7 Å². The normalized spacial score (nSPS) is 15.9. The van der Waals surface area contributed by atoms with Crippen molar-refractivity contribution in [3.63, 3.8) is 0 Å². The summed E-state index contributed by atoms with van der Waals surface area (Å²) in [5, 5.41) is 0. The minimum atomic E-state index is 0. The Morgan fingerprint density at radius 1 is 0.596 bits per heavy atom. The SMILES string of the molecule is NC(=NC1CCCC1)c1ccc2nc(-c3cc[c-]cc3)[nH]c2c1.NC(=NC1CCCC1)c1ccc2nc(-c3cc[c-]cc3)[nH]c2c1.[U+2]. The van der Waals surface area contributed by atoms with Gasteiger partial charge in [-0.15, -0.1) is 0 Å². The summed E-state index contributed by atoms with van der Waals surface area (Å²) in [7, 11) is 0. The summed E-state index contributed by atoms with van der Waals surface area (Å²) in [4.78, 5) is 25.4. The van der Waals surface area contributed by atoms with E-state index in [1.54, 1.807) is 0 Å². The van der Waals surface area contributed by atoms with Crippen LogP contribution in [0.5, 0.6) is 0 Å². The molecule has 2 heterocycles. The van der Waals surface area contributed by atoms with Crippen molar-refractivity contribution in [2.75, 3.05) is 0 Å². The van der Waals surface area contributed by atoms with Gasteiger partial charge in [0.2, 0.25) is 0 Å². The van der Waals surface area contributed by atoms with E-state index in [1.807, 2.05) is 84.9 Å². The summed E-state index contributed by atoms with van der Waals surface area (Å²) in [6.45, 7) is 0. The van der Waals surface area contributed by atoms with Gasteiger partial charge in [-0.3, -0.25) is 9.98 Å². The first kappa shape index (κ1) is 32.7. The van der Waals surface area contributed by atoms with E-state index in [1.165, 1.54) is 25.7 Å². The zero-order valence-corrected chi connectivity index (χ0v) is 30.5. The predicted octanol–water partition coefficient (Wildman–Crippen LogP) is 7.36. The molecule has 234 valence electrons. The molecule has 2 saturated carbocycles. The van der Waals surface area contributed by atoms with Gasteiger partial charge in [0.25, 0.3) is 0 Å². The monoisotopic (exact) mass is 844 g/mol. The number of amidine groups is 2. The van der Waals surface area contributed by atoms with E-state index in [9.17, 15) is 0 Å². The molecule has 0 radical (unpaired) electrons. The van der Waals surface area contributed by atoms with Crippen molar-refractivity contribution in [1.29, 1.82) is 0 Å². The first-order valence-corrected chi connectivity index (χ1v) is 16.2. The van der Waals surface area contributed by atoms with Gasteiger partial charge in [-0.05, 0) is 62.1 Å². The molecule has 0 atom stereocenters. The molecule has 2 fully saturated rings. The van der Waals surface area contributed by atoms with Gasteiger partial charge < -0.3 is 21.4 Å². The van der Waals surface area contributed by atoms with Gasteiger partial charge in [-0.2, -0.15) is 60.7 Å². The number of aromatic amines is 2. The number of fused-ring (bicyclic) bond motifs is 2. The van der Waals surface area contributed by atoms with E-state index in [-0.39, 0.29) is 31.1 Å². The van der Waals surface area contributed by atoms with E-state index in [2.05, 4.69) is 42.1 Å². The maximum absolute atomic E-state index is 6.20. The number of nitrogens with zero attached hydrogens (tertiary/aromatic N) is 4. The Balaban J connectivity index is 0.000000161. The number of rotatable bonds is 6. The molecular weight excluding hydrogens is 807 g/mol. The number of aliphatic imine (C=N–C) groups is 2. The molecular formula is C38H38N8U. The molecule has 6 aromatic rings. The number of benzene rings is 4. The van der Waals surface area contributed by atoms with Crippen molar-refractivity contribution in [2.24, 2.45) is 21.5 Å². The van der Waals surface area contributed by atoms with Crippen LogP contribution in [0.2, 0.25) is 0 Å². The van der Waals surface area contributed by atoms with Crippen molar-refractivity contribution >= 4 is 33.7 Å². The average molecular weight is 845 g/mol. The van der Waals surface area contributed by atoms with Crippen LogP contribution in [-0.4, -0.2) is 43.7 Å². The van der Waals surface area contributed by atoms with Crippen LogP contribution in [0.1, 0.15) is 62.5 Å². The van der Waals surface area contributed by atoms with Crippen LogP contribution >= 0.6 is 0 Å². The number of hydrogen-bond donors (Lipinski definition) is 4. The molecule has 2 aromatic heterocycles. The number of imidazole rings is 2. The average Bonchev–Trinajstić information content (AvgIpc) is 3.93.